The van der Waals surface area contributed by atoms with Crippen LogP contribution in [0.1, 0.15) is 12.5 Å². The zero-order valence-electron chi connectivity index (χ0n) is 12.5. The number of sulfone groups is 1. The first kappa shape index (κ1) is 14.8. The number of amides is 1. The largest absolute Gasteiger partial charge is 0.314 e. The van der Waals surface area contributed by atoms with Gasteiger partial charge in [0.2, 0.25) is 5.91 Å². The molecule has 0 radical (unpaired) electrons. The van der Waals surface area contributed by atoms with Crippen molar-refractivity contribution in [2.45, 2.75) is 17.2 Å². The average molecular weight is 315 g/mol. The minimum Gasteiger partial charge on any atom is -0.314 e. The smallest absolute Gasteiger partial charge is 0.238 e. The summed E-state index contributed by atoms with van der Waals surface area (Å²) in [4.78, 5) is 14.4. The highest BCUT2D eigenvalue weighted by Crippen LogP contribution is 2.42. The van der Waals surface area contributed by atoms with E-state index in [-0.39, 0.29) is 16.6 Å². The third-order valence-corrected chi connectivity index (χ3v) is 6.17. The number of benzene rings is 2. The van der Waals surface area contributed by atoms with Crippen molar-refractivity contribution in [3.8, 4) is 0 Å². The van der Waals surface area contributed by atoms with Gasteiger partial charge in [0.15, 0.2) is 9.84 Å². The fourth-order valence-corrected chi connectivity index (χ4v) is 4.84. The molecule has 2 aromatic carbocycles. The van der Waals surface area contributed by atoms with Gasteiger partial charge in [0, 0.05) is 12.7 Å². The summed E-state index contributed by atoms with van der Waals surface area (Å²) >= 11 is 0. The lowest BCUT2D eigenvalue weighted by Crippen LogP contribution is -2.41. The second kappa shape index (κ2) is 4.95. The number of fused-ring (bicyclic) bond motifs is 1. The molecule has 22 heavy (non-hydrogen) atoms. The molecule has 0 aromatic heterocycles. The van der Waals surface area contributed by atoms with E-state index in [0.29, 0.717) is 0 Å². The van der Waals surface area contributed by atoms with Gasteiger partial charge in [-0.25, -0.2) is 8.42 Å². The number of nitrogens with zero attached hydrogens (tertiary/aromatic N) is 1. The summed E-state index contributed by atoms with van der Waals surface area (Å²) < 4.78 is 25.4. The summed E-state index contributed by atoms with van der Waals surface area (Å²) in [6.07, 6.45) is 0. The van der Waals surface area contributed by atoms with Crippen molar-refractivity contribution < 1.29 is 13.2 Å². The van der Waals surface area contributed by atoms with Gasteiger partial charge in [0.05, 0.1) is 16.1 Å². The molecule has 1 amide bonds. The third kappa shape index (κ3) is 2.13. The molecule has 1 atom stereocenters. The normalized spacial score (nSPS) is 21.0. The maximum absolute atomic E-state index is 12.7. The van der Waals surface area contributed by atoms with Crippen molar-refractivity contribution in [1.29, 1.82) is 0 Å². The highest BCUT2D eigenvalue weighted by Gasteiger charge is 2.48. The van der Waals surface area contributed by atoms with Crippen molar-refractivity contribution >= 4 is 21.4 Å². The van der Waals surface area contributed by atoms with E-state index in [1.54, 1.807) is 44.3 Å². The van der Waals surface area contributed by atoms with Crippen LogP contribution in [0.4, 0.5) is 5.69 Å². The molecular weight excluding hydrogens is 298 g/mol. The molecule has 2 aromatic rings. The Morgan fingerprint density at radius 3 is 2.27 bits per heavy atom. The zero-order valence-corrected chi connectivity index (χ0v) is 13.3. The Balaban J connectivity index is 2.07. The summed E-state index contributed by atoms with van der Waals surface area (Å²) in [5, 5.41) is 0. The molecule has 1 aliphatic rings. The van der Waals surface area contributed by atoms with Gasteiger partial charge in [-0.2, -0.15) is 0 Å². The average Bonchev–Trinajstić information content (AvgIpc) is 2.70. The number of carbonyl (C=O) groups is 1. The van der Waals surface area contributed by atoms with Gasteiger partial charge in [-0.1, -0.05) is 36.4 Å². The summed E-state index contributed by atoms with van der Waals surface area (Å²) in [5.41, 5.74) is 0.486. The number of hydrogen-bond acceptors (Lipinski definition) is 3. The van der Waals surface area contributed by atoms with Crippen LogP contribution in [0.2, 0.25) is 0 Å². The summed E-state index contributed by atoms with van der Waals surface area (Å²) in [7, 11) is -1.87. The molecule has 114 valence electrons. The quantitative estimate of drug-likeness (QED) is 0.874. The molecule has 0 bridgehead atoms. The molecule has 5 heteroatoms. The summed E-state index contributed by atoms with van der Waals surface area (Å²) in [5.74, 6) is -0.419. The Morgan fingerprint density at radius 1 is 1.00 bits per heavy atom. The number of carbonyl (C=O) groups excluding carboxylic acids is 1. The molecule has 1 aliphatic heterocycles. The van der Waals surface area contributed by atoms with E-state index in [4.69, 9.17) is 0 Å². The first-order valence-corrected chi connectivity index (χ1v) is 8.67. The van der Waals surface area contributed by atoms with Crippen molar-refractivity contribution in [2.75, 3.05) is 17.7 Å². The van der Waals surface area contributed by atoms with Crippen molar-refractivity contribution in [3.05, 3.63) is 60.2 Å². The molecule has 0 spiro atoms. The molecule has 3 rings (SSSR count). The van der Waals surface area contributed by atoms with Gasteiger partial charge in [-0.15, -0.1) is 0 Å². The standard InChI is InChI=1S/C17H17NO3S/c1-17(12-22(20,21)13-8-4-3-5-9-13)14-10-6-7-11-15(14)18(2)16(17)19/h3-11H,12H2,1-2H3/t17-/m1/s1. The van der Waals surface area contributed by atoms with Crippen LogP contribution in [-0.4, -0.2) is 27.1 Å². The lowest BCUT2D eigenvalue weighted by molar-refractivity contribution is -0.121. The van der Waals surface area contributed by atoms with E-state index >= 15 is 0 Å². The molecule has 1 heterocycles. The topological polar surface area (TPSA) is 54.5 Å². The van der Waals surface area contributed by atoms with E-state index in [1.165, 1.54) is 4.90 Å². The zero-order chi connectivity index (χ0) is 16.0. The number of para-hydroxylation sites is 1. The lowest BCUT2D eigenvalue weighted by Gasteiger charge is -2.23. The van der Waals surface area contributed by atoms with E-state index in [9.17, 15) is 13.2 Å². The van der Waals surface area contributed by atoms with Crippen molar-refractivity contribution in [1.82, 2.24) is 0 Å². The van der Waals surface area contributed by atoms with E-state index < -0.39 is 15.3 Å². The highest BCUT2D eigenvalue weighted by molar-refractivity contribution is 7.91. The first-order valence-electron chi connectivity index (χ1n) is 7.02. The minimum atomic E-state index is -3.55. The number of likely N-dealkylation sites (N-methyl/N-ethyl adjacent to an activating group) is 1. The monoisotopic (exact) mass is 315 g/mol. The maximum atomic E-state index is 12.7. The molecule has 0 fully saturated rings. The molecule has 0 saturated carbocycles. The van der Waals surface area contributed by atoms with Gasteiger partial charge in [0.25, 0.3) is 0 Å². The van der Waals surface area contributed by atoms with Crippen LogP contribution in [0.25, 0.3) is 0 Å². The van der Waals surface area contributed by atoms with Crippen LogP contribution in [0.5, 0.6) is 0 Å². The minimum absolute atomic E-state index is 0.187. The highest BCUT2D eigenvalue weighted by atomic mass is 32.2. The van der Waals surface area contributed by atoms with Gasteiger partial charge in [-0.05, 0) is 30.7 Å². The molecule has 4 nitrogen and oxygen atoms in total. The van der Waals surface area contributed by atoms with Crippen molar-refractivity contribution in [3.63, 3.8) is 0 Å². The van der Waals surface area contributed by atoms with Crippen LogP contribution < -0.4 is 4.90 Å². The molecule has 0 aliphatic carbocycles. The number of rotatable bonds is 3. The Bertz CT molecular complexity index is 830. The van der Waals surface area contributed by atoms with Gasteiger partial charge >= 0.3 is 0 Å². The van der Waals surface area contributed by atoms with Crippen LogP contribution in [0, 0.1) is 0 Å². The summed E-state index contributed by atoms with van der Waals surface area (Å²) in [6, 6.07) is 15.6. The Hall–Kier alpha value is -2.14. The van der Waals surface area contributed by atoms with Crippen molar-refractivity contribution in [2.24, 2.45) is 0 Å². The second-order valence-electron chi connectivity index (χ2n) is 5.79. The fraction of sp³-hybridized carbons (Fsp3) is 0.235. The Morgan fingerprint density at radius 2 is 1.59 bits per heavy atom. The van der Waals surface area contributed by atoms with Gasteiger partial charge in [0.1, 0.15) is 0 Å². The molecule has 0 unspecified atom stereocenters. The Kier molecular flexibility index (Phi) is 3.33. The predicted molar refractivity (Wildman–Crippen MR) is 85.7 cm³/mol. The van der Waals surface area contributed by atoms with Crippen LogP contribution >= 0.6 is 0 Å². The third-order valence-electron chi connectivity index (χ3n) is 4.22. The van der Waals surface area contributed by atoms with Gasteiger partial charge < -0.3 is 4.90 Å². The van der Waals surface area contributed by atoms with Crippen LogP contribution in [0.15, 0.2) is 59.5 Å². The SMILES string of the molecule is CN1C(=O)[C@](C)(CS(=O)(=O)c2ccccc2)c2ccccc21. The lowest BCUT2D eigenvalue weighted by atomic mass is 9.86. The number of anilines is 1. The van der Waals surface area contributed by atoms with E-state index in [0.717, 1.165) is 11.3 Å². The van der Waals surface area contributed by atoms with E-state index in [2.05, 4.69) is 0 Å². The van der Waals surface area contributed by atoms with E-state index in [1.807, 2.05) is 24.3 Å². The fourth-order valence-electron chi connectivity index (χ4n) is 3.06. The van der Waals surface area contributed by atoms with Gasteiger partial charge in [-0.3, -0.25) is 4.79 Å². The Labute approximate surface area is 130 Å². The molecular formula is C17H17NO3S. The summed E-state index contributed by atoms with van der Waals surface area (Å²) in [6.45, 7) is 1.71. The maximum Gasteiger partial charge on any atom is 0.238 e. The first-order chi connectivity index (χ1) is 10.4. The molecule has 0 saturated heterocycles. The van der Waals surface area contributed by atoms with Crippen LogP contribution in [0.3, 0.4) is 0 Å². The second-order valence-corrected chi connectivity index (χ2v) is 7.78. The van der Waals surface area contributed by atoms with Crippen LogP contribution in [-0.2, 0) is 20.0 Å². The molecule has 0 N–H and O–H groups in total. The number of hydrogen-bond donors (Lipinski definition) is 0. The predicted octanol–water partition coefficient (Wildman–Crippen LogP) is 2.39.